The first kappa shape index (κ1) is 23.3. The Bertz CT molecular complexity index is 1300. The number of hydrogen-bond acceptors (Lipinski definition) is 5. The Balaban J connectivity index is 1.69. The Hall–Kier alpha value is -3.82. The second kappa shape index (κ2) is 9.20. The standard InChI is InChI=1S/C24H22F3N3O4/c1-34-23(33)20-8-4-5-11-30(20)14-9-10-19(17(12-14)24(25,26)27)29-22(32)16-13-28-18-7-3-2-6-15(18)21(16)31/h2-3,6-7,9-10,12-13,20H,4-5,8,11H2,1H3,(H,28,31)(H,29,32)/t20-/m0/s1. The molecule has 178 valence electrons. The van der Waals surface area contributed by atoms with Crippen LogP contribution in [0.3, 0.4) is 0 Å². The van der Waals surface area contributed by atoms with Gasteiger partial charge in [0, 0.05) is 29.3 Å². The van der Waals surface area contributed by atoms with Gasteiger partial charge in [-0.3, -0.25) is 9.59 Å². The number of methoxy groups -OCH3 is 1. The number of pyridine rings is 1. The number of nitrogens with one attached hydrogen (secondary N) is 2. The smallest absolute Gasteiger partial charge is 0.418 e. The lowest BCUT2D eigenvalue weighted by atomic mass is 10.00. The van der Waals surface area contributed by atoms with E-state index in [1.165, 1.54) is 25.4 Å². The highest BCUT2D eigenvalue weighted by atomic mass is 19.4. The van der Waals surface area contributed by atoms with Gasteiger partial charge in [-0.2, -0.15) is 13.2 Å². The van der Waals surface area contributed by atoms with Gasteiger partial charge in [-0.25, -0.2) is 4.79 Å². The van der Waals surface area contributed by atoms with Gasteiger partial charge in [0.05, 0.1) is 18.4 Å². The van der Waals surface area contributed by atoms with Crippen LogP contribution >= 0.6 is 0 Å². The van der Waals surface area contributed by atoms with E-state index in [-0.39, 0.29) is 16.6 Å². The number of aromatic nitrogens is 1. The van der Waals surface area contributed by atoms with Crippen LogP contribution in [-0.2, 0) is 15.7 Å². The Morgan fingerprint density at radius 1 is 1.15 bits per heavy atom. The lowest BCUT2D eigenvalue weighted by Gasteiger charge is -2.36. The van der Waals surface area contributed by atoms with Crippen LogP contribution in [0.25, 0.3) is 10.9 Å². The number of carbonyl (C=O) groups is 2. The molecule has 7 nitrogen and oxygen atoms in total. The molecule has 34 heavy (non-hydrogen) atoms. The van der Waals surface area contributed by atoms with E-state index in [0.717, 1.165) is 25.0 Å². The molecule has 0 aliphatic carbocycles. The first-order valence-electron chi connectivity index (χ1n) is 10.7. The fraction of sp³-hybridized carbons (Fsp3) is 0.292. The molecule has 1 aromatic heterocycles. The minimum absolute atomic E-state index is 0.198. The molecule has 3 aromatic rings. The summed E-state index contributed by atoms with van der Waals surface area (Å²) < 4.78 is 46.6. The molecular weight excluding hydrogens is 451 g/mol. The molecule has 0 radical (unpaired) electrons. The maximum absolute atomic E-state index is 13.9. The average Bonchev–Trinajstić information content (AvgIpc) is 2.83. The van der Waals surface area contributed by atoms with Crippen LogP contribution < -0.4 is 15.6 Å². The third-order valence-corrected chi connectivity index (χ3v) is 5.90. The van der Waals surface area contributed by atoms with Crippen molar-refractivity contribution < 1.29 is 27.5 Å². The van der Waals surface area contributed by atoms with Gasteiger partial charge in [-0.15, -0.1) is 0 Å². The Morgan fingerprint density at radius 3 is 2.65 bits per heavy atom. The van der Waals surface area contributed by atoms with Gasteiger partial charge >= 0.3 is 12.1 Å². The summed E-state index contributed by atoms with van der Waals surface area (Å²) in [5.74, 6) is -1.48. The number of rotatable bonds is 4. The van der Waals surface area contributed by atoms with Gasteiger partial charge in [0.15, 0.2) is 0 Å². The Kier molecular flexibility index (Phi) is 6.32. The van der Waals surface area contributed by atoms with Crippen LogP contribution in [0, 0.1) is 0 Å². The van der Waals surface area contributed by atoms with E-state index in [2.05, 4.69) is 10.3 Å². The highest BCUT2D eigenvalue weighted by molar-refractivity contribution is 6.06. The molecule has 2 heterocycles. The molecule has 0 spiro atoms. The molecule has 1 amide bonds. The molecular formula is C24H22F3N3O4. The van der Waals surface area contributed by atoms with Gasteiger partial charge < -0.3 is 19.9 Å². The van der Waals surface area contributed by atoms with Crippen molar-refractivity contribution in [2.75, 3.05) is 23.9 Å². The number of esters is 1. The molecule has 4 rings (SSSR count). The molecule has 1 saturated heterocycles. The molecule has 1 aliphatic rings. The van der Waals surface area contributed by atoms with Crippen molar-refractivity contribution in [3.8, 4) is 0 Å². The number of ether oxygens (including phenoxy) is 1. The third-order valence-electron chi connectivity index (χ3n) is 5.90. The van der Waals surface area contributed by atoms with Crippen LogP contribution in [0.1, 0.15) is 35.2 Å². The van der Waals surface area contributed by atoms with Crippen molar-refractivity contribution in [2.24, 2.45) is 0 Å². The summed E-state index contributed by atoms with van der Waals surface area (Å²) in [6.07, 6.45) is -1.66. The van der Waals surface area contributed by atoms with Gasteiger partial charge in [-0.1, -0.05) is 12.1 Å². The van der Waals surface area contributed by atoms with Crippen molar-refractivity contribution in [3.05, 3.63) is 70.0 Å². The predicted octanol–water partition coefficient (Wildman–Crippen LogP) is 4.33. The third kappa shape index (κ3) is 4.48. The lowest BCUT2D eigenvalue weighted by molar-refractivity contribution is -0.142. The van der Waals surface area contributed by atoms with Crippen LogP contribution in [0.5, 0.6) is 0 Å². The first-order valence-corrected chi connectivity index (χ1v) is 10.7. The van der Waals surface area contributed by atoms with E-state index in [1.807, 2.05) is 0 Å². The van der Waals surface area contributed by atoms with Crippen molar-refractivity contribution in [1.29, 1.82) is 0 Å². The topological polar surface area (TPSA) is 91.5 Å². The molecule has 2 aromatic carbocycles. The van der Waals surface area contributed by atoms with Gasteiger partial charge in [0.1, 0.15) is 11.6 Å². The normalized spacial score (nSPS) is 16.4. The number of hydrogen-bond donors (Lipinski definition) is 2. The SMILES string of the molecule is COC(=O)[C@@H]1CCCCN1c1ccc(NC(=O)c2c[nH]c3ccccc3c2=O)c(C(F)(F)F)c1. The maximum Gasteiger partial charge on any atom is 0.418 e. The summed E-state index contributed by atoms with van der Waals surface area (Å²) in [6, 6.07) is 9.28. The number of nitrogens with zero attached hydrogens (tertiary/aromatic N) is 1. The minimum atomic E-state index is -4.79. The number of halogens is 3. The molecule has 0 bridgehead atoms. The van der Waals surface area contributed by atoms with Crippen molar-refractivity contribution in [3.63, 3.8) is 0 Å². The quantitative estimate of drug-likeness (QED) is 0.551. The van der Waals surface area contributed by atoms with Gasteiger partial charge in [0.2, 0.25) is 5.43 Å². The van der Waals surface area contributed by atoms with Crippen LogP contribution in [0.2, 0.25) is 0 Å². The monoisotopic (exact) mass is 473 g/mol. The average molecular weight is 473 g/mol. The number of anilines is 2. The molecule has 0 unspecified atom stereocenters. The van der Waals surface area contributed by atoms with Crippen LogP contribution in [-0.4, -0.2) is 36.6 Å². The summed E-state index contributed by atoms with van der Waals surface area (Å²) in [7, 11) is 1.24. The molecule has 10 heteroatoms. The number of aromatic amines is 1. The number of fused-ring (bicyclic) bond motifs is 1. The van der Waals surface area contributed by atoms with Crippen LogP contribution in [0.4, 0.5) is 24.5 Å². The lowest BCUT2D eigenvalue weighted by Crippen LogP contribution is -2.45. The van der Waals surface area contributed by atoms with E-state index in [9.17, 15) is 27.6 Å². The van der Waals surface area contributed by atoms with Crippen molar-refractivity contribution in [2.45, 2.75) is 31.5 Å². The second-order valence-corrected chi connectivity index (χ2v) is 7.99. The zero-order valence-corrected chi connectivity index (χ0v) is 18.2. The van der Waals surface area contributed by atoms with E-state index in [4.69, 9.17) is 4.74 Å². The maximum atomic E-state index is 13.9. The number of piperidine rings is 1. The minimum Gasteiger partial charge on any atom is -0.467 e. The number of para-hydroxylation sites is 1. The van der Waals surface area contributed by atoms with E-state index in [1.54, 1.807) is 23.1 Å². The first-order chi connectivity index (χ1) is 16.2. The fourth-order valence-corrected chi connectivity index (χ4v) is 4.20. The van der Waals surface area contributed by atoms with E-state index in [0.29, 0.717) is 18.5 Å². The van der Waals surface area contributed by atoms with Gasteiger partial charge in [-0.05, 0) is 49.6 Å². The second-order valence-electron chi connectivity index (χ2n) is 7.99. The zero-order valence-electron chi connectivity index (χ0n) is 18.2. The highest BCUT2D eigenvalue weighted by Crippen LogP contribution is 2.38. The summed E-state index contributed by atoms with van der Waals surface area (Å²) >= 11 is 0. The molecule has 0 saturated carbocycles. The number of amides is 1. The summed E-state index contributed by atoms with van der Waals surface area (Å²) in [4.78, 5) is 42.0. The summed E-state index contributed by atoms with van der Waals surface area (Å²) in [5, 5.41) is 2.48. The van der Waals surface area contributed by atoms with E-state index < -0.39 is 40.8 Å². The molecule has 1 aliphatic heterocycles. The summed E-state index contributed by atoms with van der Waals surface area (Å²) in [6.45, 7) is 0.398. The number of carbonyl (C=O) groups excluding carboxylic acids is 2. The molecule has 2 N–H and O–H groups in total. The number of alkyl halides is 3. The molecule has 1 fully saturated rings. The molecule has 1 atom stereocenters. The number of H-pyrrole nitrogens is 1. The van der Waals surface area contributed by atoms with Crippen molar-refractivity contribution >= 4 is 34.2 Å². The number of benzene rings is 2. The zero-order chi connectivity index (χ0) is 24.5. The summed E-state index contributed by atoms with van der Waals surface area (Å²) in [5.41, 5.74) is -1.76. The highest BCUT2D eigenvalue weighted by Gasteiger charge is 2.36. The van der Waals surface area contributed by atoms with E-state index >= 15 is 0 Å². The Labute approximate surface area is 192 Å². The predicted molar refractivity (Wildman–Crippen MR) is 121 cm³/mol. The van der Waals surface area contributed by atoms with Crippen molar-refractivity contribution in [1.82, 2.24) is 4.98 Å². The Morgan fingerprint density at radius 2 is 1.91 bits per heavy atom. The van der Waals surface area contributed by atoms with Crippen LogP contribution in [0.15, 0.2) is 53.5 Å². The fourth-order valence-electron chi connectivity index (χ4n) is 4.20. The largest absolute Gasteiger partial charge is 0.467 e. The van der Waals surface area contributed by atoms with Gasteiger partial charge in [0.25, 0.3) is 5.91 Å².